The number of hydrogen-bond donors (Lipinski definition) is 9. The Morgan fingerprint density at radius 3 is 2.25 bits per heavy atom. The normalized spacial score (nSPS) is 40.6. The first-order valence-corrected chi connectivity index (χ1v) is 13.8. The number of aliphatic hydroxyl groups is 5. The zero-order valence-corrected chi connectivity index (χ0v) is 20.8. The molecule has 5 unspecified atom stereocenters. The van der Waals surface area contributed by atoms with E-state index in [0.717, 1.165) is 6.08 Å². The van der Waals surface area contributed by atoms with Crippen LogP contribution >= 0.6 is 28.3 Å². The summed E-state index contributed by atoms with van der Waals surface area (Å²) < 4.78 is 48.1. The van der Waals surface area contributed by atoms with Crippen molar-refractivity contribution < 1.29 is 72.1 Å². The standard InChI is InChI=1S/C16H26N2O15P2S/c1-6-17-9(19)2-3-18(6)15-13(23)10(20)7(30-15)4-29-34(25,26)33-35(27,28)32-16-14(24)12(22)11(21)8(5-36)31-16/h2-3,7-8,10-16,20-24,36H,1,4-5H2,(H,17,19)(H,25,26)(H,27,28)/t7-,8?,10?,11+,12+,13+,14?,15-,16+/m1/s1. The molecule has 2 fully saturated rings. The van der Waals surface area contributed by atoms with Crippen LogP contribution in [0, 0.1) is 0 Å². The lowest BCUT2D eigenvalue weighted by Gasteiger charge is -2.39. The number of thiol groups is 1. The number of phosphoric acid groups is 2. The van der Waals surface area contributed by atoms with Crippen molar-refractivity contribution >= 4 is 34.2 Å². The van der Waals surface area contributed by atoms with Crippen LogP contribution in [-0.2, 0) is 36.8 Å². The van der Waals surface area contributed by atoms with Gasteiger partial charge in [0, 0.05) is 18.0 Å². The highest BCUT2D eigenvalue weighted by Crippen LogP contribution is 2.61. The summed E-state index contributed by atoms with van der Waals surface area (Å²) in [5.41, 5.74) is 0. The number of ether oxygens (including phenoxy) is 2. The lowest BCUT2D eigenvalue weighted by atomic mass is 10.0. The molecule has 0 aliphatic carbocycles. The Bertz CT molecular complexity index is 968. The molecular formula is C16H26N2O15P2S. The van der Waals surface area contributed by atoms with Gasteiger partial charge in [0.2, 0.25) is 0 Å². The van der Waals surface area contributed by atoms with Gasteiger partial charge in [0.1, 0.15) is 42.4 Å². The molecule has 3 aliphatic heterocycles. The van der Waals surface area contributed by atoms with Gasteiger partial charge in [-0.15, -0.1) is 0 Å². The van der Waals surface area contributed by atoms with E-state index in [0.29, 0.717) is 0 Å². The summed E-state index contributed by atoms with van der Waals surface area (Å²) in [5, 5.41) is 52.3. The summed E-state index contributed by atoms with van der Waals surface area (Å²) in [6.45, 7) is 2.65. The summed E-state index contributed by atoms with van der Waals surface area (Å²) in [7, 11) is -10.9. The topological polar surface area (TPSA) is 254 Å². The van der Waals surface area contributed by atoms with Crippen LogP contribution in [0.5, 0.6) is 0 Å². The molecule has 0 spiro atoms. The van der Waals surface area contributed by atoms with E-state index >= 15 is 0 Å². The van der Waals surface area contributed by atoms with Crippen molar-refractivity contribution in [3.8, 4) is 0 Å². The molecule has 11 atom stereocenters. The van der Waals surface area contributed by atoms with E-state index in [2.05, 4.69) is 37.9 Å². The third-order valence-electron chi connectivity index (χ3n) is 5.27. The van der Waals surface area contributed by atoms with E-state index in [1.807, 2.05) is 0 Å². The van der Waals surface area contributed by atoms with Gasteiger partial charge < -0.3 is 55.0 Å². The SMILES string of the molecule is C=C1NC(=O)C=CN1[C@@H]1O[C@H](COP(=O)(O)OP(=O)(O)O[C@@H]2OC(CS)[C@H](O)[C@H](O)C2O)C(O)[C@@H]1O. The van der Waals surface area contributed by atoms with Crippen LogP contribution < -0.4 is 5.32 Å². The Labute approximate surface area is 209 Å². The molecule has 3 rings (SSSR count). The highest BCUT2D eigenvalue weighted by molar-refractivity contribution is 7.80. The molecule has 1 amide bonds. The van der Waals surface area contributed by atoms with Crippen LogP contribution in [0.1, 0.15) is 0 Å². The first-order valence-electron chi connectivity index (χ1n) is 10.1. The molecule has 8 N–H and O–H groups in total. The van der Waals surface area contributed by atoms with E-state index in [1.165, 1.54) is 11.1 Å². The van der Waals surface area contributed by atoms with Gasteiger partial charge in [0.25, 0.3) is 5.91 Å². The second-order valence-electron chi connectivity index (χ2n) is 7.82. The predicted molar refractivity (Wildman–Crippen MR) is 117 cm³/mol. The molecule has 2 saturated heterocycles. The maximum absolute atomic E-state index is 12.2. The minimum Gasteiger partial charge on any atom is -0.388 e. The minimum atomic E-state index is -5.50. The molecule has 0 aromatic carbocycles. The number of carbonyl (C=O) groups is 1. The molecule has 36 heavy (non-hydrogen) atoms. The van der Waals surface area contributed by atoms with E-state index in [9.17, 15) is 49.2 Å². The van der Waals surface area contributed by atoms with E-state index in [1.54, 1.807) is 0 Å². The summed E-state index contributed by atoms with van der Waals surface area (Å²) >= 11 is 3.87. The average molecular weight is 580 g/mol. The number of hydrogen-bond acceptors (Lipinski definition) is 15. The average Bonchev–Trinajstić information content (AvgIpc) is 3.06. The number of nitrogens with one attached hydrogen (secondary N) is 1. The van der Waals surface area contributed by atoms with Crippen LogP contribution in [-0.4, -0.2) is 114 Å². The largest absolute Gasteiger partial charge is 0.483 e. The fraction of sp³-hybridized carbons (Fsp3) is 0.688. The maximum Gasteiger partial charge on any atom is 0.483 e. The van der Waals surface area contributed by atoms with E-state index < -0.39 is 83.4 Å². The second-order valence-corrected chi connectivity index (χ2v) is 11.2. The molecule has 206 valence electrons. The number of phosphoric ester groups is 2. The molecular weight excluding hydrogens is 554 g/mol. The number of carbonyl (C=O) groups excluding carboxylic acids is 1. The molecule has 20 heteroatoms. The Morgan fingerprint density at radius 2 is 1.64 bits per heavy atom. The van der Waals surface area contributed by atoms with E-state index in [4.69, 9.17) is 9.47 Å². The smallest absolute Gasteiger partial charge is 0.388 e. The first kappa shape index (κ1) is 29.6. The van der Waals surface area contributed by atoms with Gasteiger partial charge in [0.15, 0.2) is 12.5 Å². The first-order chi connectivity index (χ1) is 16.7. The van der Waals surface area contributed by atoms with Crippen molar-refractivity contribution in [2.45, 2.75) is 55.2 Å². The van der Waals surface area contributed by atoms with Gasteiger partial charge in [-0.25, -0.2) is 9.13 Å². The molecule has 0 aromatic heterocycles. The fourth-order valence-electron chi connectivity index (χ4n) is 3.45. The molecule has 0 radical (unpaired) electrons. The molecule has 17 nitrogen and oxygen atoms in total. The van der Waals surface area contributed by atoms with E-state index in [-0.39, 0.29) is 11.6 Å². The van der Waals surface area contributed by atoms with Crippen LogP contribution in [0.15, 0.2) is 24.7 Å². The lowest BCUT2D eigenvalue weighted by Crippen LogP contribution is -2.58. The number of aliphatic hydroxyl groups excluding tert-OH is 5. The lowest BCUT2D eigenvalue weighted by molar-refractivity contribution is -0.270. The van der Waals surface area contributed by atoms with Gasteiger partial charge in [-0.2, -0.15) is 16.9 Å². The van der Waals surface area contributed by atoms with Gasteiger partial charge in [-0.1, -0.05) is 6.58 Å². The molecule has 3 aliphatic rings. The molecule has 3 heterocycles. The maximum atomic E-state index is 12.2. The van der Waals surface area contributed by atoms with Crippen molar-refractivity contribution in [3.05, 3.63) is 24.7 Å². The van der Waals surface area contributed by atoms with Crippen molar-refractivity contribution in [2.24, 2.45) is 0 Å². The van der Waals surface area contributed by atoms with Crippen molar-refractivity contribution in [3.63, 3.8) is 0 Å². The fourth-order valence-corrected chi connectivity index (χ4v) is 5.91. The Hall–Kier alpha value is -0.920. The van der Waals surface area contributed by atoms with Crippen LogP contribution in [0.2, 0.25) is 0 Å². The summed E-state index contributed by atoms with van der Waals surface area (Å²) in [6.07, 6.45) is -12.4. The second kappa shape index (κ2) is 11.4. The number of nitrogens with zero attached hydrogens (tertiary/aromatic N) is 1. The van der Waals surface area contributed by atoms with Crippen molar-refractivity contribution in [1.29, 1.82) is 0 Å². The third kappa shape index (κ3) is 6.74. The number of amides is 1. The molecule has 0 bridgehead atoms. The quantitative estimate of drug-likeness (QED) is 0.0963. The van der Waals surface area contributed by atoms with Crippen LogP contribution in [0.4, 0.5) is 0 Å². The molecule has 0 saturated carbocycles. The van der Waals surface area contributed by atoms with Crippen LogP contribution in [0.3, 0.4) is 0 Å². The third-order valence-corrected chi connectivity index (χ3v) is 8.23. The van der Waals surface area contributed by atoms with Gasteiger partial charge >= 0.3 is 15.6 Å². The van der Waals surface area contributed by atoms with Gasteiger partial charge in [-0.05, 0) is 0 Å². The predicted octanol–water partition coefficient (Wildman–Crippen LogP) is -3.16. The Morgan fingerprint density at radius 1 is 1.00 bits per heavy atom. The highest BCUT2D eigenvalue weighted by Gasteiger charge is 2.50. The Kier molecular flexibility index (Phi) is 9.42. The minimum absolute atomic E-state index is 0.0137. The zero-order chi connectivity index (χ0) is 27.0. The van der Waals surface area contributed by atoms with Crippen molar-refractivity contribution in [1.82, 2.24) is 10.2 Å². The molecule has 0 aromatic rings. The van der Waals surface area contributed by atoms with Gasteiger partial charge in [-0.3, -0.25) is 13.8 Å². The van der Waals surface area contributed by atoms with Crippen molar-refractivity contribution in [2.75, 3.05) is 12.4 Å². The summed E-state index contributed by atoms with van der Waals surface area (Å²) in [4.78, 5) is 32.2. The summed E-state index contributed by atoms with van der Waals surface area (Å²) in [6, 6.07) is 0. The summed E-state index contributed by atoms with van der Waals surface area (Å²) in [5.74, 6) is -0.664. The zero-order valence-electron chi connectivity index (χ0n) is 18.2. The Balaban J connectivity index is 1.58. The highest BCUT2D eigenvalue weighted by atomic mass is 32.1. The van der Waals surface area contributed by atoms with Gasteiger partial charge in [0.05, 0.1) is 12.7 Å². The van der Waals surface area contributed by atoms with Crippen LogP contribution in [0.25, 0.3) is 0 Å². The number of rotatable bonds is 9. The monoisotopic (exact) mass is 580 g/mol.